The zero-order chi connectivity index (χ0) is 16.5. The van der Waals surface area contributed by atoms with Crippen LogP contribution in [-0.2, 0) is 11.3 Å². The maximum atomic E-state index is 12.2. The smallest absolute Gasteiger partial charge is 0.272 e. The summed E-state index contributed by atoms with van der Waals surface area (Å²) in [5.41, 5.74) is 1.46. The molecular formula is C17H25N5O2. The van der Waals surface area contributed by atoms with Crippen LogP contribution in [0.4, 0.5) is 0 Å². The summed E-state index contributed by atoms with van der Waals surface area (Å²) < 4.78 is 7.07. The number of H-pyrrole nitrogens is 1. The molecular weight excluding hydrogens is 306 g/mol. The van der Waals surface area contributed by atoms with Gasteiger partial charge >= 0.3 is 0 Å². The Balaban J connectivity index is 1.52. The molecule has 2 saturated heterocycles. The minimum absolute atomic E-state index is 0.0569. The summed E-state index contributed by atoms with van der Waals surface area (Å²) in [5.74, 6) is 0. The van der Waals surface area contributed by atoms with E-state index in [2.05, 4.69) is 19.9 Å². The highest BCUT2D eigenvalue weighted by Crippen LogP contribution is 2.24. The van der Waals surface area contributed by atoms with Crippen LogP contribution in [-0.4, -0.2) is 69.8 Å². The number of nitrogens with zero attached hydrogens (tertiary/aromatic N) is 4. The molecule has 24 heavy (non-hydrogen) atoms. The lowest BCUT2D eigenvalue weighted by Crippen LogP contribution is -2.39. The van der Waals surface area contributed by atoms with E-state index in [1.165, 1.54) is 30.4 Å². The number of methoxy groups -OCH3 is 1. The van der Waals surface area contributed by atoms with Crippen molar-refractivity contribution in [2.45, 2.75) is 38.0 Å². The van der Waals surface area contributed by atoms with Crippen molar-refractivity contribution in [2.24, 2.45) is 0 Å². The standard InChI is InChI=1S/C17H25N5O2/c1-24-15-9-14(11-20-6-2-3-7-20)21(12-15)10-13-8-17(23)22-16(19-13)4-5-18-22/h4-5,8,14-15,18H,2-3,6-7,9-12H2,1H3/t14-,15-/m0/s1. The molecule has 0 saturated carbocycles. The molecule has 7 heteroatoms. The fraction of sp³-hybridized carbons (Fsp3) is 0.647. The molecule has 0 bridgehead atoms. The second-order valence-electron chi connectivity index (χ2n) is 6.93. The second kappa shape index (κ2) is 6.66. The maximum absolute atomic E-state index is 12.2. The average Bonchev–Trinajstić information content (AvgIpc) is 3.29. The summed E-state index contributed by atoms with van der Waals surface area (Å²) in [4.78, 5) is 21.7. The van der Waals surface area contributed by atoms with Gasteiger partial charge in [-0.15, -0.1) is 0 Å². The first-order chi connectivity index (χ1) is 11.7. The first-order valence-corrected chi connectivity index (χ1v) is 8.78. The van der Waals surface area contributed by atoms with Crippen molar-refractivity contribution in [2.75, 3.05) is 33.3 Å². The van der Waals surface area contributed by atoms with Gasteiger partial charge in [0.05, 0.1) is 11.8 Å². The molecule has 2 aromatic heterocycles. The Hall–Kier alpha value is -1.70. The van der Waals surface area contributed by atoms with E-state index in [0.717, 1.165) is 25.2 Å². The number of aromatic amines is 1. The van der Waals surface area contributed by atoms with Gasteiger partial charge < -0.3 is 9.64 Å². The van der Waals surface area contributed by atoms with Gasteiger partial charge in [0.2, 0.25) is 0 Å². The Labute approximate surface area is 141 Å². The van der Waals surface area contributed by atoms with E-state index in [1.54, 1.807) is 19.4 Å². The van der Waals surface area contributed by atoms with E-state index in [9.17, 15) is 4.79 Å². The van der Waals surface area contributed by atoms with E-state index in [-0.39, 0.29) is 11.7 Å². The number of nitrogens with one attached hydrogen (secondary N) is 1. The molecule has 2 atom stereocenters. The molecule has 0 aromatic carbocycles. The monoisotopic (exact) mass is 331 g/mol. The van der Waals surface area contributed by atoms with Gasteiger partial charge in [-0.05, 0) is 32.4 Å². The van der Waals surface area contributed by atoms with Gasteiger partial charge in [-0.3, -0.25) is 14.8 Å². The topological polar surface area (TPSA) is 65.9 Å². The summed E-state index contributed by atoms with van der Waals surface area (Å²) >= 11 is 0. The van der Waals surface area contributed by atoms with E-state index in [1.807, 2.05) is 6.07 Å². The number of hydrogen-bond donors (Lipinski definition) is 1. The molecule has 2 aliphatic rings. The third-order valence-corrected chi connectivity index (χ3v) is 5.29. The van der Waals surface area contributed by atoms with Crippen LogP contribution in [0.15, 0.2) is 23.1 Å². The van der Waals surface area contributed by atoms with Gasteiger partial charge in [0.25, 0.3) is 5.56 Å². The van der Waals surface area contributed by atoms with Crippen molar-refractivity contribution in [1.29, 1.82) is 0 Å². The minimum Gasteiger partial charge on any atom is -0.380 e. The summed E-state index contributed by atoms with van der Waals surface area (Å²) in [6, 6.07) is 3.94. The molecule has 2 fully saturated rings. The van der Waals surface area contributed by atoms with Crippen LogP contribution in [0.1, 0.15) is 25.0 Å². The largest absolute Gasteiger partial charge is 0.380 e. The average molecular weight is 331 g/mol. The SMILES string of the molecule is CO[C@H]1C[C@@H](CN2CCCC2)N(Cc2cc(=O)n3[nH]ccc3n2)C1. The van der Waals surface area contributed by atoms with Gasteiger partial charge in [-0.2, -0.15) is 0 Å². The summed E-state index contributed by atoms with van der Waals surface area (Å²) in [6.07, 6.45) is 5.68. The third-order valence-electron chi connectivity index (χ3n) is 5.29. The zero-order valence-corrected chi connectivity index (χ0v) is 14.1. The molecule has 0 spiro atoms. The molecule has 1 N–H and O–H groups in total. The molecule has 0 amide bonds. The molecule has 0 aliphatic carbocycles. The molecule has 7 nitrogen and oxygen atoms in total. The van der Waals surface area contributed by atoms with Gasteiger partial charge in [0, 0.05) is 51.1 Å². The first kappa shape index (κ1) is 15.8. The van der Waals surface area contributed by atoms with E-state index >= 15 is 0 Å². The third kappa shape index (κ3) is 3.11. The predicted octanol–water partition coefficient (Wildman–Crippen LogP) is 0.708. The lowest BCUT2D eigenvalue weighted by Gasteiger charge is -2.27. The van der Waals surface area contributed by atoms with Gasteiger partial charge in [0.1, 0.15) is 0 Å². The van der Waals surface area contributed by atoms with Gasteiger partial charge in [-0.25, -0.2) is 9.50 Å². The van der Waals surface area contributed by atoms with Crippen LogP contribution in [0, 0.1) is 0 Å². The number of likely N-dealkylation sites (tertiary alicyclic amines) is 2. The molecule has 0 radical (unpaired) electrons. The maximum Gasteiger partial charge on any atom is 0.272 e. The number of ether oxygens (including phenoxy) is 1. The van der Waals surface area contributed by atoms with Crippen molar-refractivity contribution < 1.29 is 4.74 Å². The van der Waals surface area contributed by atoms with Crippen LogP contribution < -0.4 is 5.56 Å². The van der Waals surface area contributed by atoms with Crippen LogP contribution in [0.2, 0.25) is 0 Å². The number of aromatic nitrogens is 3. The molecule has 130 valence electrons. The Morgan fingerprint density at radius 3 is 3.00 bits per heavy atom. The number of rotatable bonds is 5. The normalized spacial score (nSPS) is 25.9. The van der Waals surface area contributed by atoms with Gasteiger partial charge in [-0.1, -0.05) is 0 Å². The Kier molecular flexibility index (Phi) is 4.39. The molecule has 2 aromatic rings. The van der Waals surface area contributed by atoms with Crippen molar-refractivity contribution in [3.63, 3.8) is 0 Å². The fourth-order valence-electron chi connectivity index (χ4n) is 4.02. The number of fused-ring (bicyclic) bond motifs is 1. The Morgan fingerprint density at radius 2 is 2.21 bits per heavy atom. The van der Waals surface area contributed by atoms with Crippen molar-refractivity contribution in [3.8, 4) is 0 Å². The Bertz CT molecular complexity index is 749. The summed E-state index contributed by atoms with van der Waals surface area (Å²) in [6.45, 7) is 5.11. The van der Waals surface area contributed by atoms with Gasteiger partial charge in [0.15, 0.2) is 5.65 Å². The highest BCUT2D eigenvalue weighted by atomic mass is 16.5. The van der Waals surface area contributed by atoms with Crippen molar-refractivity contribution in [3.05, 3.63) is 34.4 Å². The van der Waals surface area contributed by atoms with Crippen molar-refractivity contribution in [1.82, 2.24) is 24.4 Å². The van der Waals surface area contributed by atoms with Crippen molar-refractivity contribution >= 4 is 5.65 Å². The molecule has 2 aliphatic heterocycles. The van der Waals surface area contributed by atoms with Crippen LogP contribution in [0.5, 0.6) is 0 Å². The lowest BCUT2D eigenvalue weighted by molar-refractivity contribution is 0.107. The fourth-order valence-corrected chi connectivity index (χ4v) is 4.02. The van der Waals surface area contributed by atoms with Crippen LogP contribution in [0.3, 0.4) is 0 Å². The van der Waals surface area contributed by atoms with Crippen LogP contribution >= 0.6 is 0 Å². The molecule has 4 heterocycles. The first-order valence-electron chi connectivity index (χ1n) is 8.78. The highest BCUT2D eigenvalue weighted by Gasteiger charge is 2.34. The van der Waals surface area contributed by atoms with Crippen LogP contribution in [0.25, 0.3) is 5.65 Å². The highest BCUT2D eigenvalue weighted by molar-refractivity contribution is 5.36. The van der Waals surface area contributed by atoms with E-state index in [0.29, 0.717) is 18.2 Å². The predicted molar refractivity (Wildman–Crippen MR) is 91.1 cm³/mol. The lowest BCUT2D eigenvalue weighted by atomic mass is 10.2. The zero-order valence-electron chi connectivity index (χ0n) is 14.1. The Morgan fingerprint density at radius 1 is 1.38 bits per heavy atom. The molecule has 4 rings (SSSR count). The molecule has 0 unspecified atom stereocenters. The number of hydrogen-bond acceptors (Lipinski definition) is 5. The summed E-state index contributed by atoms with van der Waals surface area (Å²) in [5, 5.41) is 2.88. The minimum atomic E-state index is -0.0569. The quantitative estimate of drug-likeness (QED) is 0.874. The van der Waals surface area contributed by atoms with E-state index in [4.69, 9.17) is 4.74 Å². The van der Waals surface area contributed by atoms with E-state index < -0.39 is 0 Å². The summed E-state index contributed by atoms with van der Waals surface area (Å²) in [7, 11) is 1.79. The second-order valence-corrected chi connectivity index (χ2v) is 6.93.